The first kappa shape index (κ1) is 19.0. The molecule has 0 fully saturated rings. The van der Waals surface area contributed by atoms with Gasteiger partial charge >= 0.3 is 0 Å². The van der Waals surface area contributed by atoms with Crippen molar-refractivity contribution >= 4 is 23.2 Å². The Hall–Kier alpha value is -2.34. The van der Waals surface area contributed by atoms with Gasteiger partial charge in [0.25, 0.3) is 5.91 Å². The molecule has 3 N–H and O–H groups in total. The van der Waals surface area contributed by atoms with E-state index >= 15 is 0 Å². The lowest BCUT2D eigenvalue weighted by Gasteiger charge is -2.13. The van der Waals surface area contributed by atoms with Gasteiger partial charge < -0.3 is 16.0 Å². The van der Waals surface area contributed by atoms with Crippen LogP contribution >= 0.6 is 11.3 Å². The zero-order valence-electron chi connectivity index (χ0n) is 15.0. The van der Waals surface area contributed by atoms with Crippen LogP contribution in [0.15, 0.2) is 46.1 Å². The highest BCUT2D eigenvalue weighted by Gasteiger charge is 2.09. The number of guanidine groups is 1. The molecule has 0 saturated heterocycles. The molecule has 1 heterocycles. The van der Waals surface area contributed by atoms with Crippen molar-refractivity contribution in [3.8, 4) is 0 Å². The van der Waals surface area contributed by atoms with Gasteiger partial charge in [0.05, 0.1) is 0 Å². The number of hydrogen-bond donors (Lipinski definition) is 3. The smallest absolute Gasteiger partial charge is 0.251 e. The molecule has 1 atom stereocenters. The lowest BCUT2D eigenvalue weighted by Crippen LogP contribution is -2.36. The third-order valence-corrected chi connectivity index (χ3v) is 4.63. The lowest BCUT2D eigenvalue weighted by atomic mass is 10.1. The molecule has 134 valence electrons. The maximum Gasteiger partial charge on any atom is 0.251 e. The number of aliphatic imine (C=N–C) groups is 1. The van der Waals surface area contributed by atoms with Gasteiger partial charge in [-0.25, -0.2) is 0 Å². The maximum atomic E-state index is 12.2. The van der Waals surface area contributed by atoms with Crippen molar-refractivity contribution in [2.75, 3.05) is 7.05 Å². The molecule has 0 spiro atoms. The Bertz CT molecular complexity index is 697. The number of nitrogens with zero attached hydrogens (tertiary/aromatic N) is 1. The summed E-state index contributed by atoms with van der Waals surface area (Å²) in [5.74, 6) is 0.705. The van der Waals surface area contributed by atoms with Crippen molar-refractivity contribution < 1.29 is 4.79 Å². The first-order valence-electron chi connectivity index (χ1n) is 8.47. The van der Waals surface area contributed by atoms with Gasteiger partial charge in [-0.15, -0.1) is 0 Å². The van der Waals surface area contributed by atoms with Gasteiger partial charge in [0.1, 0.15) is 0 Å². The molecule has 1 aromatic heterocycles. The molecular weight excluding hydrogens is 332 g/mol. The Morgan fingerprint density at radius 1 is 1.20 bits per heavy atom. The molecule has 0 saturated carbocycles. The highest BCUT2D eigenvalue weighted by Crippen LogP contribution is 2.07. The molecule has 25 heavy (non-hydrogen) atoms. The predicted molar refractivity (Wildman–Crippen MR) is 105 cm³/mol. The van der Waals surface area contributed by atoms with Gasteiger partial charge in [0.2, 0.25) is 0 Å². The Morgan fingerprint density at radius 3 is 2.60 bits per heavy atom. The minimum atomic E-state index is -0.0313. The van der Waals surface area contributed by atoms with Crippen LogP contribution < -0.4 is 16.0 Å². The van der Waals surface area contributed by atoms with Crippen LogP contribution in [0.5, 0.6) is 0 Å². The van der Waals surface area contributed by atoms with Gasteiger partial charge in [-0.1, -0.05) is 19.1 Å². The molecule has 1 aromatic carbocycles. The lowest BCUT2D eigenvalue weighted by molar-refractivity contribution is 0.0939. The van der Waals surface area contributed by atoms with Crippen molar-refractivity contribution in [2.24, 2.45) is 4.99 Å². The summed E-state index contributed by atoms with van der Waals surface area (Å²) < 4.78 is 0. The summed E-state index contributed by atoms with van der Waals surface area (Å²) in [6.07, 6.45) is 0.916. The van der Waals surface area contributed by atoms with E-state index in [0.29, 0.717) is 12.1 Å². The number of carbonyl (C=O) groups excluding carboxylic acids is 1. The number of rotatable bonds is 7. The Labute approximate surface area is 153 Å². The number of carbonyl (C=O) groups is 1. The summed E-state index contributed by atoms with van der Waals surface area (Å²) in [6, 6.07) is 9.92. The van der Waals surface area contributed by atoms with E-state index in [2.05, 4.69) is 44.7 Å². The molecule has 0 aliphatic heterocycles. The van der Waals surface area contributed by atoms with Crippen LogP contribution in [0, 0.1) is 0 Å². The fraction of sp³-hybridized carbons (Fsp3) is 0.368. The van der Waals surface area contributed by atoms with Crippen molar-refractivity contribution in [3.05, 3.63) is 57.8 Å². The van der Waals surface area contributed by atoms with Crippen LogP contribution in [0.2, 0.25) is 0 Å². The summed E-state index contributed by atoms with van der Waals surface area (Å²) in [7, 11) is 1.75. The van der Waals surface area contributed by atoms with E-state index in [1.807, 2.05) is 31.2 Å². The Morgan fingerprint density at radius 2 is 1.96 bits per heavy atom. The molecule has 0 aliphatic rings. The van der Waals surface area contributed by atoms with E-state index in [-0.39, 0.29) is 11.9 Å². The normalized spacial score (nSPS) is 12.5. The average Bonchev–Trinajstić information content (AvgIpc) is 3.15. The zero-order chi connectivity index (χ0) is 18.1. The van der Waals surface area contributed by atoms with Crippen LogP contribution in [0.3, 0.4) is 0 Å². The Kier molecular flexibility index (Phi) is 7.47. The fourth-order valence-corrected chi connectivity index (χ4v) is 2.89. The van der Waals surface area contributed by atoms with E-state index in [0.717, 1.165) is 24.5 Å². The summed E-state index contributed by atoms with van der Waals surface area (Å²) in [6.45, 7) is 5.40. The molecule has 6 heteroatoms. The minimum absolute atomic E-state index is 0.0313. The van der Waals surface area contributed by atoms with Crippen LogP contribution in [-0.4, -0.2) is 25.0 Å². The number of amides is 1. The van der Waals surface area contributed by atoms with Gasteiger partial charge in [0.15, 0.2) is 5.96 Å². The van der Waals surface area contributed by atoms with Crippen LogP contribution in [0.4, 0.5) is 0 Å². The van der Waals surface area contributed by atoms with E-state index in [4.69, 9.17) is 0 Å². The number of hydrogen-bond acceptors (Lipinski definition) is 3. The molecule has 5 nitrogen and oxygen atoms in total. The summed E-state index contributed by atoms with van der Waals surface area (Å²) in [4.78, 5) is 16.5. The second-order valence-electron chi connectivity index (χ2n) is 5.89. The van der Waals surface area contributed by atoms with Crippen LogP contribution in [0.25, 0.3) is 0 Å². The maximum absolute atomic E-state index is 12.2. The number of thiophene rings is 1. The monoisotopic (exact) mass is 358 g/mol. The number of nitrogens with one attached hydrogen (secondary N) is 3. The van der Waals surface area contributed by atoms with Crippen LogP contribution in [0.1, 0.15) is 41.8 Å². The minimum Gasteiger partial charge on any atom is -0.352 e. The molecule has 1 amide bonds. The van der Waals surface area contributed by atoms with Crippen molar-refractivity contribution in [2.45, 2.75) is 39.4 Å². The van der Waals surface area contributed by atoms with E-state index in [1.165, 1.54) is 5.56 Å². The topological polar surface area (TPSA) is 65.5 Å². The third-order valence-electron chi connectivity index (χ3n) is 3.90. The molecule has 2 rings (SSSR count). The SMILES string of the molecule is CCC(C)NC(=O)c1cccc(CNC(=NC)NCc2ccsc2)c1. The van der Waals surface area contributed by atoms with Gasteiger partial charge in [-0.2, -0.15) is 11.3 Å². The van der Waals surface area contributed by atoms with Gasteiger partial charge in [-0.3, -0.25) is 9.79 Å². The summed E-state index contributed by atoms with van der Waals surface area (Å²) >= 11 is 1.68. The number of benzene rings is 1. The average molecular weight is 359 g/mol. The summed E-state index contributed by atoms with van der Waals surface area (Å²) in [5.41, 5.74) is 2.95. The predicted octanol–water partition coefficient (Wildman–Crippen LogP) is 3.14. The second-order valence-corrected chi connectivity index (χ2v) is 6.67. The summed E-state index contributed by atoms with van der Waals surface area (Å²) in [5, 5.41) is 13.7. The fourth-order valence-electron chi connectivity index (χ4n) is 2.22. The highest BCUT2D eigenvalue weighted by atomic mass is 32.1. The third kappa shape index (κ3) is 6.23. The van der Waals surface area contributed by atoms with Crippen LogP contribution in [-0.2, 0) is 13.1 Å². The molecule has 1 unspecified atom stereocenters. The molecule has 0 bridgehead atoms. The Balaban J connectivity index is 1.89. The van der Waals surface area contributed by atoms with Gasteiger partial charge in [-0.05, 0) is 53.4 Å². The molecule has 2 aromatic rings. The van der Waals surface area contributed by atoms with E-state index in [9.17, 15) is 4.79 Å². The zero-order valence-corrected chi connectivity index (χ0v) is 15.8. The first-order chi connectivity index (χ1) is 12.1. The van der Waals surface area contributed by atoms with Crippen molar-refractivity contribution in [1.82, 2.24) is 16.0 Å². The molecule has 0 radical (unpaired) electrons. The standard InChI is InChI=1S/C19H26N4OS/c1-4-14(2)23-18(24)17-7-5-6-15(10-17)11-21-19(20-3)22-12-16-8-9-25-13-16/h5-10,13-14H,4,11-12H2,1-3H3,(H,23,24)(H2,20,21,22). The van der Waals surface area contributed by atoms with E-state index in [1.54, 1.807) is 18.4 Å². The molecular formula is C19H26N4OS. The quantitative estimate of drug-likeness (QED) is 0.526. The largest absolute Gasteiger partial charge is 0.352 e. The van der Waals surface area contributed by atoms with E-state index < -0.39 is 0 Å². The highest BCUT2D eigenvalue weighted by molar-refractivity contribution is 7.07. The second kappa shape index (κ2) is 9.84. The first-order valence-corrected chi connectivity index (χ1v) is 9.42. The van der Waals surface area contributed by atoms with Gasteiger partial charge in [0, 0.05) is 31.7 Å². The van der Waals surface area contributed by atoms with Crippen molar-refractivity contribution in [3.63, 3.8) is 0 Å². The molecule has 0 aliphatic carbocycles. The van der Waals surface area contributed by atoms with Crippen molar-refractivity contribution in [1.29, 1.82) is 0 Å².